The molecule has 0 bridgehead atoms. The van der Waals surface area contributed by atoms with E-state index in [0.29, 0.717) is 0 Å². The van der Waals surface area contributed by atoms with Gasteiger partial charge in [0.15, 0.2) is 0 Å². The van der Waals surface area contributed by atoms with Gasteiger partial charge in [-0.3, -0.25) is 19.2 Å². The first-order chi connectivity index (χ1) is 17.4. The quantitative estimate of drug-likeness (QED) is 0.388. The van der Waals surface area contributed by atoms with Gasteiger partial charge < -0.3 is 25.7 Å². The van der Waals surface area contributed by atoms with Gasteiger partial charge in [-0.15, -0.1) is 11.3 Å². The molecule has 1 aromatic carbocycles. The van der Waals surface area contributed by atoms with Crippen LogP contribution in [0.25, 0.3) is 10.4 Å². The first-order valence-electron chi connectivity index (χ1n) is 12.1. The molecule has 2 aromatic rings. The minimum Gasteiger partial charge on any atom is -0.481 e. The van der Waals surface area contributed by atoms with Gasteiger partial charge in [-0.25, -0.2) is 4.98 Å². The number of amides is 3. The summed E-state index contributed by atoms with van der Waals surface area (Å²) in [5.41, 5.74) is 3.98. The number of aliphatic hydroxyl groups excluding tert-OH is 1. The predicted octanol–water partition coefficient (Wildman–Crippen LogP) is 2.09. The van der Waals surface area contributed by atoms with E-state index in [1.54, 1.807) is 37.6 Å². The summed E-state index contributed by atoms with van der Waals surface area (Å²) < 4.78 is 0. The maximum absolute atomic E-state index is 13.5. The van der Waals surface area contributed by atoms with Gasteiger partial charge in [-0.05, 0) is 23.5 Å². The molecule has 1 saturated heterocycles. The predicted molar refractivity (Wildman–Crippen MR) is 139 cm³/mol. The van der Waals surface area contributed by atoms with Crippen molar-refractivity contribution < 1.29 is 29.4 Å². The van der Waals surface area contributed by atoms with Crippen LogP contribution >= 0.6 is 11.3 Å². The Bertz CT molecular complexity index is 1140. The minimum absolute atomic E-state index is 0.0304. The van der Waals surface area contributed by atoms with Crippen LogP contribution in [0.4, 0.5) is 0 Å². The first kappa shape index (κ1) is 28.3. The van der Waals surface area contributed by atoms with Gasteiger partial charge in [0.05, 0.1) is 28.6 Å². The van der Waals surface area contributed by atoms with E-state index in [-0.39, 0.29) is 32.4 Å². The fraction of sp³-hybridized carbons (Fsp3) is 0.500. The van der Waals surface area contributed by atoms with E-state index in [1.807, 2.05) is 31.2 Å². The summed E-state index contributed by atoms with van der Waals surface area (Å²) in [6, 6.07) is 5.91. The van der Waals surface area contributed by atoms with Crippen LogP contribution in [0, 0.1) is 12.3 Å². The van der Waals surface area contributed by atoms with Crippen LogP contribution in [-0.4, -0.2) is 68.5 Å². The van der Waals surface area contributed by atoms with E-state index in [2.05, 4.69) is 15.6 Å². The Morgan fingerprint density at radius 2 is 1.84 bits per heavy atom. The Morgan fingerprint density at radius 1 is 1.16 bits per heavy atom. The third kappa shape index (κ3) is 7.36. The van der Waals surface area contributed by atoms with Crippen LogP contribution in [-0.2, 0) is 25.7 Å². The number of benzene rings is 1. The van der Waals surface area contributed by atoms with E-state index >= 15 is 0 Å². The van der Waals surface area contributed by atoms with Crippen molar-refractivity contribution in [3.8, 4) is 10.4 Å². The van der Waals surface area contributed by atoms with Gasteiger partial charge in [0.25, 0.3) is 0 Å². The molecule has 1 unspecified atom stereocenters. The molecule has 200 valence electrons. The summed E-state index contributed by atoms with van der Waals surface area (Å²) in [6.07, 6.45) is -1.39. The zero-order valence-corrected chi connectivity index (χ0v) is 22.3. The molecule has 1 aliphatic heterocycles. The number of carbonyl (C=O) groups excluding carboxylic acids is 3. The maximum Gasteiger partial charge on any atom is 0.303 e. The average Bonchev–Trinajstić information content (AvgIpc) is 3.44. The highest BCUT2D eigenvalue weighted by Gasteiger charge is 2.44. The van der Waals surface area contributed by atoms with Crippen LogP contribution < -0.4 is 10.6 Å². The van der Waals surface area contributed by atoms with E-state index in [9.17, 15) is 24.3 Å². The summed E-state index contributed by atoms with van der Waals surface area (Å²) in [5.74, 6) is -2.55. The molecular formula is C26H34N4O6S. The van der Waals surface area contributed by atoms with Crippen molar-refractivity contribution in [3.63, 3.8) is 0 Å². The SMILES string of the molecule is Cc1ncsc1-c1ccc(CNC(=O)[C@H]2C[C@@H](O)CN2C(=O)C(NC(=O)CCC(=O)O)C(C)(C)C)cc1. The topological polar surface area (TPSA) is 149 Å². The molecule has 10 nitrogen and oxygen atoms in total. The number of hydrogen-bond donors (Lipinski definition) is 4. The van der Waals surface area contributed by atoms with Crippen molar-refractivity contribution in [3.05, 3.63) is 41.0 Å². The molecule has 4 N–H and O–H groups in total. The van der Waals surface area contributed by atoms with Crippen LogP contribution in [0.15, 0.2) is 29.8 Å². The zero-order chi connectivity index (χ0) is 27.3. The molecule has 0 aliphatic carbocycles. The summed E-state index contributed by atoms with van der Waals surface area (Å²) in [7, 11) is 0. The molecule has 0 saturated carbocycles. The molecule has 1 aromatic heterocycles. The molecule has 11 heteroatoms. The van der Waals surface area contributed by atoms with Gasteiger partial charge in [0, 0.05) is 25.9 Å². The number of carbonyl (C=O) groups is 4. The Labute approximate surface area is 220 Å². The van der Waals surface area contributed by atoms with Crippen molar-refractivity contribution >= 4 is 35.0 Å². The number of likely N-dealkylation sites (tertiary alicyclic amines) is 1. The van der Waals surface area contributed by atoms with Crippen LogP contribution in [0.2, 0.25) is 0 Å². The van der Waals surface area contributed by atoms with Gasteiger partial charge in [0.2, 0.25) is 17.7 Å². The van der Waals surface area contributed by atoms with Crippen molar-refractivity contribution in [2.24, 2.45) is 5.41 Å². The number of thiazole rings is 1. The van der Waals surface area contributed by atoms with Crippen molar-refractivity contribution in [1.82, 2.24) is 20.5 Å². The lowest BCUT2D eigenvalue weighted by Gasteiger charge is -2.35. The highest BCUT2D eigenvalue weighted by Crippen LogP contribution is 2.28. The van der Waals surface area contributed by atoms with Gasteiger partial charge in [0.1, 0.15) is 12.1 Å². The number of aliphatic carboxylic acids is 1. The lowest BCUT2D eigenvalue weighted by molar-refractivity contribution is -0.144. The maximum atomic E-state index is 13.5. The molecule has 1 aliphatic rings. The number of carboxylic acids is 1. The second kappa shape index (κ2) is 11.8. The second-order valence-corrected chi connectivity index (χ2v) is 11.2. The molecule has 0 radical (unpaired) electrons. The number of nitrogens with one attached hydrogen (secondary N) is 2. The van der Waals surface area contributed by atoms with E-state index in [0.717, 1.165) is 21.7 Å². The second-order valence-electron chi connectivity index (χ2n) is 10.3. The van der Waals surface area contributed by atoms with Gasteiger partial charge in [-0.1, -0.05) is 45.0 Å². The number of aryl methyl sites for hydroxylation is 1. The van der Waals surface area contributed by atoms with E-state index < -0.39 is 47.3 Å². The molecule has 3 atom stereocenters. The molecule has 0 spiro atoms. The average molecular weight is 531 g/mol. The third-order valence-electron chi connectivity index (χ3n) is 6.28. The summed E-state index contributed by atoms with van der Waals surface area (Å²) in [5, 5.41) is 24.6. The number of aromatic nitrogens is 1. The Hall–Kier alpha value is -3.31. The van der Waals surface area contributed by atoms with Crippen molar-refractivity contribution in [2.75, 3.05) is 6.54 Å². The van der Waals surface area contributed by atoms with Crippen molar-refractivity contribution in [2.45, 2.75) is 71.7 Å². The number of nitrogens with zero attached hydrogens (tertiary/aromatic N) is 2. The third-order valence-corrected chi connectivity index (χ3v) is 7.25. The lowest BCUT2D eigenvalue weighted by atomic mass is 9.85. The fourth-order valence-corrected chi connectivity index (χ4v) is 5.05. The number of carboxylic acid groups (broad SMARTS) is 1. The standard InChI is InChI=1S/C26H34N4O6S/c1-15-22(37-14-28-15)17-7-5-16(6-8-17)12-27-24(35)19-11-18(31)13-30(19)25(36)23(26(2,3)4)29-20(32)9-10-21(33)34/h5-8,14,18-19,23,31H,9-13H2,1-4H3,(H,27,35)(H,29,32)(H,33,34)/t18-,19-,23?/m1/s1. The fourth-order valence-electron chi connectivity index (χ4n) is 4.23. The molecule has 1 fully saturated rings. The summed E-state index contributed by atoms with van der Waals surface area (Å²) in [4.78, 5) is 56.3. The lowest BCUT2D eigenvalue weighted by Crippen LogP contribution is -2.57. The highest BCUT2D eigenvalue weighted by atomic mass is 32.1. The molecular weight excluding hydrogens is 496 g/mol. The minimum atomic E-state index is -1.11. The highest BCUT2D eigenvalue weighted by molar-refractivity contribution is 7.13. The van der Waals surface area contributed by atoms with Gasteiger partial charge >= 0.3 is 5.97 Å². The summed E-state index contributed by atoms with van der Waals surface area (Å²) >= 11 is 1.56. The number of hydrogen-bond acceptors (Lipinski definition) is 7. The molecule has 3 amide bonds. The van der Waals surface area contributed by atoms with E-state index in [4.69, 9.17) is 5.11 Å². The van der Waals surface area contributed by atoms with Crippen LogP contribution in [0.1, 0.15) is 51.3 Å². The van der Waals surface area contributed by atoms with Crippen LogP contribution in [0.5, 0.6) is 0 Å². The largest absolute Gasteiger partial charge is 0.481 e. The molecule has 2 heterocycles. The normalized spacial score (nSPS) is 18.4. The Balaban J connectivity index is 1.66. The number of aliphatic hydroxyl groups is 1. The van der Waals surface area contributed by atoms with E-state index in [1.165, 1.54) is 4.90 Å². The molecule has 3 rings (SSSR count). The zero-order valence-electron chi connectivity index (χ0n) is 21.5. The van der Waals surface area contributed by atoms with Gasteiger partial charge in [-0.2, -0.15) is 0 Å². The van der Waals surface area contributed by atoms with Crippen LogP contribution in [0.3, 0.4) is 0 Å². The monoisotopic (exact) mass is 530 g/mol. The first-order valence-corrected chi connectivity index (χ1v) is 13.0. The number of β-amino-alcohol motifs (C(OH)–C–C–N with tert-alkyl or cyclic N) is 1. The Morgan fingerprint density at radius 3 is 2.41 bits per heavy atom. The summed E-state index contributed by atoms with van der Waals surface area (Å²) in [6.45, 7) is 7.49. The smallest absolute Gasteiger partial charge is 0.303 e. The molecule has 37 heavy (non-hydrogen) atoms. The number of rotatable bonds is 9. The van der Waals surface area contributed by atoms with Crippen molar-refractivity contribution in [1.29, 1.82) is 0 Å². The Kier molecular flexibility index (Phi) is 9.03.